The van der Waals surface area contributed by atoms with E-state index >= 15 is 0 Å². The van der Waals surface area contributed by atoms with E-state index in [2.05, 4.69) is 41.3 Å². The zero-order valence-electron chi connectivity index (χ0n) is 11.3. The van der Waals surface area contributed by atoms with Crippen LogP contribution in [0.25, 0.3) is 0 Å². The van der Waals surface area contributed by atoms with Crippen molar-refractivity contribution in [3.63, 3.8) is 0 Å². The summed E-state index contributed by atoms with van der Waals surface area (Å²) in [4.78, 5) is 11.8. The first-order valence-corrected chi connectivity index (χ1v) is 9.07. The molecule has 0 atom stereocenters. The number of halogens is 2. The molecule has 0 spiro atoms. The maximum atomic E-state index is 12.5. The first-order valence-electron chi connectivity index (χ1n) is 6.00. The Morgan fingerprint density at radius 2 is 1.82 bits per heavy atom. The van der Waals surface area contributed by atoms with E-state index in [1.807, 2.05) is 0 Å². The summed E-state index contributed by atoms with van der Waals surface area (Å²) in [7, 11) is -2.63. The zero-order valence-corrected chi connectivity index (χ0v) is 15.3. The Bertz CT molecular complexity index is 821. The topological polar surface area (TPSA) is 72.5 Å². The van der Waals surface area contributed by atoms with Gasteiger partial charge in [0.05, 0.1) is 18.4 Å². The highest BCUT2D eigenvalue weighted by molar-refractivity contribution is 9.11. The Balaban J connectivity index is 2.46. The van der Waals surface area contributed by atoms with Crippen LogP contribution in [0.4, 0.5) is 5.69 Å². The number of carbonyl (C=O) groups excluding carboxylic acids is 1. The zero-order chi connectivity index (χ0) is 16.3. The van der Waals surface area contributed by atoms with Gasteiger partial charge in [0.1, 0.15) is 4.90 Å². The van der Waals surface area contributed by atoms with E-state index in [1.54, 1.807) is 24.3 Å². The molecule has 2 aromatic rings. The molecule has 0 saturated carbocycles. The highest BCUT2D eigenvalue weighted by atomic mass is 79.9. The van der Waals surface area contributed by atoms with Crippen molar-refractivity contribution in [3.05, 3.63) is 57.0 Å². The summed E-state index contributed by atoms with van der Waals surface area (Å²) >= 11 is 6.45. The summed E-state index contributed by atoms with van der Waals surface area (Å²) < 4.78 is 33.1. The van der Waals surface area contributed by atoms with E-state index in [1.165, 1.54) is 25.3 Å². The molecule has 0 aliphatic rings. The molecule has 8 heteroatoms. The van der Waals surface area contributed by atoms with E-state index in [0.29, 0.717) is 8.95 Å². The number of ether oxygens (including phenoxy) is 1. The molecule has 0 bridgehead atoms. The van der Waals surface area contributed by atoms with Crippen LogP contribution in [-0.2, 0) is 14.8 Å². The van der Waals surface area contributed by atoms with Gasteiger partial charge in [0, 0.05) is 8.95 Å². The molecule has 5 nitrogen and oxygen atoms in total. The van der Waals surface area contributed by atoms with Crippen molar-refractivity contribution in [1.82, 2.24) is 0 Å². The number of hydrogen-bond donors (Lipinski definition) is 1. The van der Waals surface area contributed by atoms with Gasteiger partial charge in [-0.25, -0.2) is 13.2 Å². The number of methoxy groups -OCH3 is 1. The molecule has 1 N–H and O–H groups in total. The van der Waals surface area contributed by atoms with Crippen LogP contribution < -0.4 is 4.72 Å². The van der Waals surface area contributed by atoms with Crippen LogP contribution in [0.2, 0.25) is 0 Å². The van der Waals surface area contributed by atoms with Gasteiger partial charge < -0.3 is 4.74 Å². The number of rotatable bonds is 4. The van der Waals surface area contributed by atoms with Crippen LogP contribution in [0.3, 0.4) is 0 Å². The molecule has 0 radical (unpaired) electrons. The lowest BCUT2D eigenvalue weighted by Gasteiger charge is -2.12. The molecule has 0 fully saturated rings. The number of nitrogens with one attached hydrogen (secondary N) is 1. The fourth-order valence-electron chi connectivity index (χ4n) is 1.74. The first-order chi connectivity index (χ1) is 10.3. The number of anilines is 1. The number of benzene rings is 2. The van der Waals surface area contributed by atoms with Crippen LogP contribution >= 0.6 is 31.9 Å². The quantitative estimate of drug-likeness (QED) is 0.722. The average Bonchev–Trinajstić information content (AvgIpc) is 2.49. The van der Waals surface area contributed by atoms with E-state index in [0.717, 1.165) is 0 Å². The van der Waals surface area contributed by atoms with Gasteiger partial charge in [-0.3, -0.25) is 4.72 Å². The van der Waals surface area contributed by atoms with Crippen LogP contribution in [-0.4, -0.2) is 21.5 Å². The monoisotopic (exact) mass is 447 g/mol. The van der Waals surface area contributed by atoms with Crippen molar-refractivity contribution < 1.29 is 17.9 Å². The van der Waals surface area contributed by atoms with Gasteiger partial charge in [0.2, 0.25) is 0 Å². The number of sulfonamides is 1. The maximum Gasteiger partial charge on any atom is 0.339 e. The van der Waals surface area contributed by atoms with Gasteiger partial charge in [-0.1, -0.05) is 28.1 Å². The summed E-state index contributed by atoms with van der Waals surface area (Å²) in [5.41, 5.74) is 0.293. The second kappa shape index (κ2) is 6.80. The largest absolute Gasteiger partial charge is 0.465 e. The minimum atomic E-state index is -3.87. The maximum absolute atomic E-state index is 12.5. The van der Waals surface area contributed by atoms with E-state index in [-0.39, 0.29) is 16.1 Å². The van der Waals surface area contributed by atoms with Crippen molar-refractivity contribution >= 4 is 53.5 Å². The molecule has 0 aliphatic carbocycles. The first kappa shape index (κ1) is 17.0. The highest BCUT2D eigenvalue weighted by Crippen LogP contribution is 2.28. The van der Waals surface area contributed by atoms with Crippen molar-refractivity contribution in [2.75, 3.05) is 11.8 Å². The second-order valence-electron chi connectivity index (χ2n) is 4.22. The molecule has 2 rings (SSSR count). The minimum absolute atomic E-state index is 0.0570. The summed E-state index contributed by atoms with van der Waals surface area (Å²) in [5, 5.41) is 0. The summed E-state index contributed by atoms with van der Waals surface area (Å²) in [6.07, 6.45) is 0. The van der Waals surface area contributed by atoms with Crippen LogP contribution in [0, 0.1) is 0 Å². The van der Waals surface area contributed by atoms with Crippen LogP contribution in [0.5, 0.6) is 0 Å². The molecule has 0 saturated heterocycles. The summed E-state index contributed by atoms with van der Waals surface area (Å²) in [6.45, 7) is 0. The SMILES string of the molecule is COC(=O)c1ccccc1NS(=O)(=O)c1cc(Br)ccc1Br. The predicted molar refractivity (Wildman–Crippen MR) is 90.4 cm³/mol. The van der Waals surface area contributed by atoms with Crippen molar-refractivity contribution in [2.45, 2.75) is 4.90 Å². The Labute approximate surface area is 145 Å². The Morgan fingerprint density at radius 1 is 1.14 bits per heavy atom. The molecule has 2 aromatic carbocycles. The summed E-state index contributed by atoms with van der Waals surface area (Å²) in [5.74, 6) is -0.619. The lowest BCUT2D eigenvalue weighted by Crippen LogP contribution is -2.16. The van der Waals surface area contributed by atoms with Gasteiger partial charge in [0.15, 0.2) is 0 Å². The second-order valence-corrected chi connectivity index (χ2v) is 7.64. The van der Waals surface area contributed by atoms with Gasteiger partial charge in [-0.2, -0.15) is 0 Å². The molecule has 116 valence electrons. The highest BCUT2D eigenvalue weighted by Gasteiger charge is 2.21. The molecule has 0 amide bonds. The fraction of sp³-hybridized carbons (Fsp3) is 0.0714. The number of esters is 1. The third kappa shape index (κ3) is 3.68. The Hall–Kier alpha value is -1.38. The molecule has 0 aromatic heterocycles. The minimum Gasteiger partial charge on any atom is -0.465 e. The van der Waals surface area contributed by atoms with Gasteiger partial charge in [-0.05, 0) is 46.3 Å². The van der Waals surface area contributed by atoms with Crippen LogP contribution in [0.15, 0.2) is 56.3 Å². The average molecular weight is 449 g/mol. The third-order valence-electron chi connectivity index (χ3n) is 2.76. The van der Waals surface area contributed by atoms with E-state index in [9.17, 15) is 13.2 Å². The fourth-order valence-corrected chi connectivity index (χ4v) is 4.33. The van der Waals surface area contributed by atoms with E-state index < -0.39 is 16.0 Å². The lowest BCUT2D eigenvalue weighted by atomic mass is 10.2. The number of carbonyl (C=O) groups is 1. The van der Waals surface area contributed by atoms with Crippen molar-refractivity contribution in [3.8, 4) is 0 Å². The normalized spacial score (nSPS) is 11.0. The van der Waals surface area contributed by atoms with E-state index in [4.69, 9.17) is 0 Å². The summed E-state index contributed by atoms with van der Waals surface area (Å²) in [6, 6.07) is 11.0. The third-order valence-corrected chi connectivity index (χ3v) is 5.61. The molecular weight excluding hydrogens is 438 g/mol. The van der Waals surface area contributed by atoms with Crippen LogP contribution in [0.1, 0.15) is 10.4 Å². The van der Waals surface area contributed by atoms with Gasteiger partial charge in [-0.15, -0.1) is 0 Å². The molecule has 0 unspecified atom stereocenters. The molecule has 0 aliphatic heterocycles. The smallest absolute Gasteiger partial charge is 0.339 e. The van der Waals surface area contributed by atoms with Gasteiger partial charge >= 0.3 is 5.97 Å². The number of para-hydroxylation sites is 1. The van der Waals surface area contributed by atoms with Crippen molar-refractivity contribution in [1.29, 1.82) is 0 Å². The molecule has 0 heterocycles. The molecule has 22 heavy (non-hydrogen) atoms. The molecular formula is C14H11Br2NO4S. The Morgan fingerprint density at radius 3 is 2.50 bits per heavy atom. The predicted octanol–water partition coefficient (Wildman–Crippen LogP) is 3.80. The van der Waals surface area contributed by atoms with Gasteiger partial charge in [0.25, 0.3) is 10.0 Å². The van der Waals surface area contributed by atoms with Crippen molar-refractivity contribution in [2.24, 2.45) is 0 Å². The lowest BCUT2D eigenvalue weighted by molar-refractivity contribution is 0.0602. The standard InChI is InChI=1S/C14H11Br2NO4S/c1-21-14(18)10-4-2-3-5-12(10)17-22(19,20)13-8-9(15)6-7-11(13)16/h2-8,17H,1H3. The number of hydrogen-bond acceptors (Lipinski definition) is 4. The Kier molecular flexibility index (Phi) is 5.25.